The molecular formula is C19H24ClN5O4S. The molecule has 0 bridgehead atoms. The molecule has 1 aliphatic rings. The lowest BCUT2D eigenvalue weighted by Crippen LogP contribution is -2.39. The monoisotopic (exact) mass is 453 g/mol. The Bertz CT molecular complexity index is 1050. The number of carbonyl (C=O) groups is 1. The molecule has 11 heteroatoms. The number of guanidine groups is 1. The van der Waals surface area contributed by atoms with Crippen LogP contribution in [0.5, 0.6) is 0 Å². The second kappa shape index (κ2) is 9.15. The van der Waals surface area contributed by atoms with Gasteiger partial charge < -0.3 is 10.5 Å². The van der Waals surface area contributed by atoms with Crippen LogP contribution in [-0.4, -0.2) is 38.0 Å². The van der Waals surface area contributed by atoms with E-state index in [4.69, 9.17) is 27.7 Å². The van der Waals surface area contributed by atoms with Crippen molar-refractivity contribution in [2.24, 2.45) is 11.7 Å². The average molecular weight is 454 g/mol. The summed E-state index contributed by atoms with van der Waals surface area (Å²) < 4.78 is 34.5. The molecule has 0 spiro atoms. The zero-order chi connectivity index (χ0) is 21.9. The number of carbonyl (C=O) groups excluding carboxylic acids is 1. The number of hydrogen-bond acceptors (Lipinski definition) is 6. The van der Waals surface area contributed by atoms with Gasteiger partial charge in [0.05, 0.1) is 29.3 Å². The number of nitrogens with one attached hydrogen (secondary N) is 2. The van der Waals surface area contributed by atoms with Crippen LogP contribution in [0.4, 0.5) is 5.69 Å². The maximum absolute atomic E-state index is 12.9. The Kier molecular flexibility index (Phi) is 6.79. The van der Waals surface area contributed by atoms with Crippen molar-refractivity contribution in [3.05, 3.63) is 30.6 Å². The summed E-state index contributed by atoms with van der Waals surface area (Å²) in [4.78, 5) is 16.0. The van der Waals surface area contributed by atoms with E-state index in [9.17, 15) is 13.2 Å². The van der Waals surface area contributed by atoms with Crippen LogP contribution in [0.25, 0.3) is 10.8 Å². The SMILES string of the molecule is CCOC(=O)C1CCC(NS(=O)(=O)c2ccc3c(N(Cl)C(=N)N)cncc3c2)CC1. The molecule has 0 radical (unpaired) electrons. The minimum Gasteiger partial charge on any atom is -0.466 e. The molecule has 0 unspecified atom stereocenters. The third-order valence-electron chi connectivity index (χ3n) is 5.11. The van der Waals surface area contributed by atoms with E-state index in [-0.39, 0.29) is 28.8 Å². The Morgan fingerprint density at radius 3 is 2.67 bits per heavy atom. The van der Waals surface area contributed by atoms with Gasteiger partial charge in [0.25, 0.3) is 0 Å². The van der Waals surface area contributed by atoms with Gasteiger partial charge in [-0.15, -0.1) is 0 Å². The van der Waals surface area contributed by atoms with Crippen LogP contribution in [0.15, 0.2) is 35.5 Å². The minimum atomic E-state index is -3.76. The van der Waals surface area contributed by atoms with Crippen molar-refractivity contribution in [1.29, 1.82) is 5.41 Å². The third kappa shape index (κ3) is 4.82. The van der Waals surface area contributed by atoms with Gasteiger partial charge in [-0.1, -0.05) is 6.07 Å². The molecule has 4 N–H and O–H groups in total. The fourth-order valence-corrected chi connectivity index (χ4v) is 5.06. The van der Waals surface area contributed by atoms with Crippen molar-refractivity contribution in [2.75, 3.05) is 11.0 Å². The first-order valence-electron chi connectivity index (χ1n) is 9.59. The highest BCUT2D eigenvalue weighted by Crippen LogP contribution is 2.30. The van der Waals surface area contributed by atoms with Gasteiger partial charge in [0.15, 0.2) is 0 Å². The van der Waals surface area contributed by atoms with Crippen LogP contribution in [0.3, 0.4) is 0 Å². The van der Waals surface area contributed by atoms with Crippen LogP contribution in [-0.2, 0) is 19.6 Å². The fraction of sp³-hybridized carbons (Fsp3) is 0.421. The Labute approximate surface area is 180 Å². The predicted molar refractivity (Wildman–Crippen MR) is 115 cm³/mol. The summed E-state index contributed by atoms with van der Waals surface area (Å²) >= 11 is 6.01. The number of nitrogens with two attached hydrogens (primary N) is 1. The predicted octanol–water partition coefficient (Wildman–Crippen LogP) is 2.49. The molecule has 1 fully saturated rings. The largest absolute Gasteiger partial charge is 0.466 e. The van der Waals surface area contributed by atoms with Crippen molar-refractivity contribution in [3.63, 3.8) is 0 Å². The summed E-state index contributed by atoms with van der Waals surface area (Å²) in [6, 6.07) is 4.35. The maximum Gasteiger partial charge on any atom is 0.308 e. The normalized spacial score (nSPS) is 19.4. The lowest BCUT2D eigenvalue weighted by molar-refractivity contribution is -0.149. The molecule has 2 aromatic rings. The summed E-state index contributed by atoms with van der Waals surface area (Å²) in [5.74, 6) is -0.756. The lowest BCUT2D eigenvalue weighted by Gasteiger charge is -2.27. The van der Waals surface area contributed by atoms with Crippen molar-refractivity contribution < 1.29 is 17.9 Å². The molecular weight excluding hydrogens is 430 g/mol. The van der Waals surface area contributed by atoms with Gasteiger partial charge in [0, 0.05) is 34.8 Å². The number of sulfonamides is 1. The van der Waals surface area contributed by atoms with Crippen LogP contribution >= 0.6 is 11.8 Å². The van der Waals surface area contributed by atoms with Gasteiger partial charge in [0.1, 0.15) is 0 Å². The zero-order valence-corrected chi connectivity index (χ0v) is 18.0. The van der Waals surface area contributed by atoms with Gasteiger partial charge in [-0.2, -0.15) is 0 Å². The summed E-state index contributed by atoms with van der Waals surface area (Å²) in [6.07, 6.45) is 5.29. The zero-order valence-electron chi connectivity index (χ0n) is 16.5. The fourth-order valence-electron chi connectivity index (χ4n) is 3.59. The van der Waals surface area contributed by atoms with Crippen molar-refractivity contribution >= 4 is 50.2 Å². The molecule has 9 nitrogen and oxygen atoms in total. The summed E-state index contributed by atoms with van der Waals surface area (Å²) in [5.41, 5.74) is 5.81. The van der Waals surface area contributed by atoms with E-state index >= 15 is 0 Å². The summed E-state index contributed by atoms with van der Waals surface area (Å²) in [6.45, 7) is 2.11. The number of ether oxygens (including phenoxy) is 1. The first kappa shape index (κ1) is 22.3. The number of benzene rings is 1. The number of aromatic nitrogens is 1. The number of rotatable bonds is 6. The molecule has 1 saturated carbocycles. The number of nitrogens with zero attached hydrogens (tertiary/aromatic N) is 2. The van der Waals surface area contributed by atoms with E-state index in [0.29, 0.717) is 48.8 Å². The van der Waals surface area contributed by atoms with Crippen LogP contribution in [0.1, 0.15) is 32.6 Å². The van der Waals surface area contributed by atoms with Crippen LogP contribution < -0.4 is 14.9 Å². The van der Waals surface area contributed by atoms with Crippen LogP contribution in [0.2, 0.25) is 0 Å². The average Bonchev–Trinajstić information content (AvgIpc) is 2.72. The molecule has 0 atom stereocenters. The highest BCUT2D eigenvalue weighted by atomic mass is 35.5. The number of pyridine rings is 1. The molecule has 162 valence electrons. The Hall–Kier alpha value is -2.43. The van der Waals surface area contributed by atoms with Crippen molar-refractivity contribution in [1.82, 2.24) is 9.71 Å². The highest BCUT2D eigenvalue weighted by Gasteiger charge is 2.30. The number of esters is 1. The quantitative estimate of drug-likeness (QED) is 0.264. The van der Waals surface area contributed by atoms with Gasteiger partial charge in [0.2, 0.25) is 16.0 Å². The third-order valence-corrected chi connectivity index (χ3v) is 6.99. The van der Waals surface area contributed by atoms with Gasteiger partial charge >= 0.3 is 5.97 Å². The molecule has 1 aromatic heterocycles. The van der Waals surface area contributed by atoms with E-state index in [1.165, 1.54) is 24.5 Å². The van der Waals surface area contributed by atoms with E-state index in [1.54, 1.807) is 13.0 Å². The molecule has 3 rings (SSSR count). The number of anilines is 1. The molecule has 1 heterocycles. The van der Waals surface area contributed by atoms with Crippen molar-refractivity contribution in [2.45, 2.75) is 43.5 Å². The van der Waals surface area contributed by atoms with Crippen LogP contribution in [0, 0.1) is 11.3 Å². The highest BCUT2D eigenvalue weighted by molar-refractivity contribution is 7.89. The first-order valence-corrected chi connectivity index (χ1v) is 11.4. The Balaban J connectivity index is 1.75. The smallest absolute Gasteiger partial charge is 0.308 e. The minimum absolute atomic E-state index is 0.102. The molecule has 0 saturated heterocycles. The molecule has 1 aromatic carbocycles. The lowest BCUT2D eigenvalue weighted by atomic mass is 9.86. The standard InChI is InChI=1S/C19H24ClN5O4S/c1-2-29-18(26)12-3-5-14(6-4-12)24-30(27,28)15-7-8-16-13(9-15)10-23-11-17(16)25(20)19(21)22/h7-12,14,24H,2-6H2,1H3,(H3,21,22). The Morgan fingerprint density at radius 1 is 1.33 bits per heavy atom. The van der Waals surface area contributed by atoms with Gasteiger partial charge in [-0.25, -0.2) is 17.6 Å². The van der Waals surface area contributed by atoms with E-state index in [2.05, 4.69) is 9.71 Å². The second-order valence-corrected chi connectivity index (χ2v) is 9.18. The first-order chi connectivity index (χ1) is 14.2. The molecule has 0 aliphatic heterocycles. The summed E-state index contributed by atoms with van der Waals surface area (Å²) in [7, 11) is -3.76. The summed E-state index contributed by atoms with van der Waals surface area (Å²) in [5, 5.41) is 8.64. The van der Waals surface area contributed by atoms with Crippen molar-refractivity contribution in [3.8, 4) is 0 Å². The number of halogens is 1. The topological polar surface area (TPSA) is 138 Å². The number of fused-ring (bicyclic) bond motifs is 1. The van der Waals surface area contributed by atoms with E-state index in [1.807, 2.05) is 0 Å². The van der Waals surface area contributed by atoms with Gasteiger partial charge in [-0.05, 0) is 44.7 Å². The van der Waals surface area contributed by atoms with E-state index < -0.39 is 10.0 Å². The molecule has 30 heavy (non-hydrogen) atoms. The van der Waals surface area contributed by atoms with E-state index in [0.717, 1.165) is 4.42 Å². The van der Waals surface area contributed by atoms with Gasteiger partial charge in [-0.3, -0.25) is 15.2 Å². The molecule has 1 aliphatic carbocycles. The molecule has 0 amide bonds. The Morgan fingerprint density at radius 2 is 2.03 bits per heavy atom. The second-order valence-electron chi connectivity index (χ2n) is 7.13. The maximum atomic E-state index is 12.9. The number of hydrogen-bond donors (Lipinski definition) is 3.